The summed E-state index contributed by atoms with van der Waals surface area (Å²) in [6, 6.07) is 6.17. The third-order valence-corrected chi connectivity index (χ3v) is 7.10. The van der Waals surface area contributed by atoms with E-state index in [9.17, 15) is 54.3 Å². The number of nitrogen functional groups attached to an aromatic ring is 1. The van der Waals surface area contributed by atoms with Gasteiger partial charge in [0.05, 0.1) is 50.6 Å². The van der Waals surface area contributed by atoms with E-state index < -0.39 is 96.7 Å². The van der Waals surface area contributed by atoms with Gasteiger partial charge >= 0.3 is 11.9 Å². The highest BCUT2D eigenvalue weighted by Gasteiger charge is 2.74. The van der Waals surface area contributed by atoms with Crippen LogP contribution in [0.4, 0.5) is 5.69 Å². The van der Waals surface area contributed by atoms with Crippen LogP contribution in [-0.4, -0.2) is 117 Å². The molecular weight excluding hydrogens is 622 g/mol. The molecule has 1 atom stereocenters. The van der Waals surface area contributed by atoms with Crippen molar-refractivity contribution in [3.05, 3.63) is 93.1 Å². The van der Waals surface area contributed by atoms with Crippen LogP contribution in [0.5, 0.6) is 0 Å². The number of carboxylic acid groups (broad SMARTS) is 1. The first-order valence-corrected chi connectivity index (χ1v) is 13.4. The number of ketones is 4. The summed E-state index contributed by atoms with van der Waals surface area (Å²) in [7, 11) is 0. The lowest BCUT2D eigenvalue weighted by Gasteiger charge is -2.51. The molecule has 0 aliphatic rings. The summed E-state index contributed by atoms with van der Waals surface area (Å²) in [6.07, 6.45) is 2.35. The standard InChI is InChI=1S/C25H32O12.C7H7NO2/c1-6-17(30)24(35,18(31)7-2)23(14-29,16-36-15-22(11-26,12-27)13-28)25(19(32)8-3,20(33)9-4)37-21(34)10-5;8-6-3-1-2-5(4-6)7(9)10/h6-10,26-29,35H,1-5,11-16H2;1-4H,8H2,(H,9,10). The van der Waals surface area contributed by atoms with Crippen molar-refractivity contribution < 1.29 is 68.9 Å². The molecule has 47 heavy (non-hydrogen) atoms. The van der Waals surface area contributed by atoms with Crippen molar-refractivity contribution in [2.24, 2.45) is 10.8 Å². The molecule has 0 saturated heterocycles. The van der Waals surface area contributed by atoms with Gasteiger partial charge < -0.3 is 45.8 Å². The lowest BCUT2D eigenvalue weighted by molar-refractivity contribution is -0.228. The van der Waals surface area contributed by atoms with E-state index >= 15 is 0 Å². The number of aromatic carboxylic acids is 1. The fraction of sp³-hybridized carbons (Fsp3) is 0.312. The molecule has 0 spiro atoms. The zero-order valence-electron chi connectivity index (χ0n) is 25.5. The second-order valence-corrected chi connectivity index (χ2v) is 9.93. The number of anilines is 1. The lowest BCUT2D eigenvalue weighted by atomic mass is 9.56. The Hall–Kier alpha value is -4.90. The topological polar surface area (TPSA) is 268 Å². The van der Waals surface area contributed by atoms with Crippen molar-refractivity contribution in [2.75, 3.05) is 45.4 Å². The summed E-state index contributed by atoms with van der Waals surface area (Å²) in [5, 5.41) is 59.5. The summed E-state index contributed by atoms with van der Waals surface area (Å²) in [5.74, 6) is -8.53. The van der Waals surface area contributed by atoms with Crippen LogP contribution >= 0.6 is 0 Å². The molecule has 0 saturated carbocycles. The van der Waals surface area contributed by atoms with Crippen LogP contribution in [0.25, 0.3) is 0 Å². The summed E-state index contributed by atoms with van der Waals surface area (Å²) < 4.78 is 10.5. The van der Waals surface area contributed by atoms with E-state index in [0.29, 0.717) is 36.1 Å². The van der Waals surface area contributed by atoms with E-state index in [1.54, 1.807) is 12.1 Å². The molecule has 0 fully saturated rings. The number of benzene rings is 1. The number of esters is 1. The molecule has 0 aliphatic carbocycles. The molecule has 0 heterocycles. The van der Waals surface area contributed by atoms with Gasteiger partial charge in [-0.3, -0.25) is 19.2 Å². The van der Waals surface area contributed by atoms with Crippen molar-refractivity contribution in [2.45, 2.75) is 11.2 Å². The van der Waals surface area contributed by atoms with Crippen LogP contribution in [0.15, 0.2) is 87.5 Å². The van der Waals surface area contributed by atoms with Gasteiger partial charge in [0, 0.05) is 11.8 Å². The van der Waals surface area contributed by atoms with Gasteiger partial charge in [0.1, 0.15) is 5.41 Å². The average Bonchev–Trinajstić information content (AvgIpc) is 3.09. The van der Waals surface area contributed by atoms with E-state index in [0.717, 1.165) is 0 Å². The molecule has 256 valence electrons. The van der Waals surface area contributed by atoms with Gasteiger partial charge in [0.25, 0.3) is 0 Å². The third kappa shape index (κ3) is 8.48. The molecule has 0 aliphatic heterocycles. The van der Waals surface area contributed by atoms with Crippen molar-refractivity contribution in [3.63, 3.8) is 0 Å². The van der Waals surface area contributed by atoms with Crippen LogP contribution in [0.3, 0.4) is 0 Å². The highest BCUT2D eigenvalue weighted by molar-refractivity contribution is 6.25. The number of ether oxygens (including phenoxy) is 2. The molecule has 1 rings (SSSR count). The molecule has 0 bridgehead atoms. The van der Waals surface area contributed by atoms with Crippen molar-refractivity contribution in [1.82, 2.24) is 0 Å². The molecule has 0 amide bonds. The first-order valence-electron chi connectivity index (χ1n) is 13.4. The maximum absolute atomic E-state index is 13.3. The molecule has 15 nitrogen and oxygen atoms in total. The fourth-order valence-corrected chi connectivity index (χ4v) is 4.29. The lowest BCUT2D eigenvalue weighted by Crippen LogP contribution is -2.76. The predicted octanol–water partition coefficient (Wildman–Crippen LogP) is -0.868. The minimum atomic E-state index is -3.59. The number of rotatable bonds is 21. The monoisotopic (exact) mass is 661 g/mol. The number of hydrogen-bond acceptors (Lipinski definition) is 14. The van der Waals surface area contributed by atoms with E-state index in [-0.39, 0.29) is 5.56 Å². The molecule has 15 heteroatoms. The van der Waals surface area contributed by atoms with Gasteiger partial charge in [0.15, 0.2) is 11.6 Å². The molecule has 8 N–H and O–H groups in total. The normalized spacial score (nSPS) is 12.5. The highest BCUT2D eigenvalue weighted by Crippen LogP contribution is 2.48. The minimum Gasteiger partial charge on any atom is -0.478 e. The van der Waals surface area contributed by atoms with E-state index in [4.69, 9.17) is 20.3 Å². The Bertz CT molecular complexity index is 1350. The van der Waals surface area contributed by atoms with Crippen molar-refractivity contribution in [3.8, 4) is 0 Å². The number of carboxylic acids is 1. The Morgan fingerprint density at radius 1 is 0.723 bits per heavy atom. The third-order valence-electron chi connectivity index (χ3n) is 7.10. The minimum absolute atomic E-state index is 0.222. The second kappa shape index (κ2) is 18.3. The Labute approximate surface area is 270 Å². The Morgan fingerprint density at radius 2 is 1.19 bits per heavy atom. The largest absolute Gasteiger partial charge is 0.478 e. The zero-order chi connectivity index (χ0) is 36.6. The van der Waals surface area contributed by atoms with Gasteiger partial charge in [-0.2, -0.15) is 0 Å². The van der Waals surface area contributed by atoms with E-state index in [1.165, 1.54) is 12.1 Å². The van der Waals surface area contributed by atoms with Gasteiger partial charge in [-0.1, -0.05) is 39.0 Å². The Kier molecular flexibility index (Phi) is 16.4. The van der Waals surface area contributed by atoms with Gasteiger partial charge in [-0.05, 0) is 42.5 Å². The van der Waals surface area contributed by atoms with Crippen molar-refractivity contribution in [1.29, 1.82) is 0 Å². The SMILES string of the molecule is C=CC(=O)OC(C(=O)C=C)(C(=O)C=C)C(CO)(COCC(CO)(CO)CO)C(O)(C(=O)C=C)C(=O)C=C.Nc1cccc(C(=O)O)c1. The molecule has 1 aromatic rings. The van der Waals surface area contributed by atoms with Crippen LogP contribution < -0.4 is 5.73 Å². The smallest absolute Gasteiger partial charge is 0.335 e. The molecule has 1 unspecified atom stereocenters. The quantitative estimate of drug-likeness (QED) is 0.0365. The zero-order valence-corrected chi connectivity index (χ0v) is 25.5. The molecule has 0 aromatic heterocycles. The molecular formula is C32H39NO14. The Morgan fingerprint density at radius 3 is 1.51 bits per heavy atom. The number of aliphatic hydroxyl groups excluding tert-OH is 4. The van der Waals surface area contributed by atoms with Crippen LogP contribution in [-0.2, 0) is 33.4 Å². The highest BCUT2D eigenvalue weighted by atomic mass is 16.6. The van der Waals surface area contributed by atoms with Gasteiger partial charge in [-0.25, -0.2) is 9.59 Å². The van der Waals surface area contributed by atoms with Crippen molar-refractivity contribution >= 4 is 40.8 Å². The second-order valence-electron chi connectivity index (χ2n) is 9.93. The first-order chi connectivity index (χ1) is 22.0. The van der Waals surface area contributed by atoms with E-state index in [2.05, 4.69) is 32.9 Å². The van der Waals surface area contributed by atoms with Gasteiger partial charge in [-0.15, -0.1) is 0 Å². The fourth-order valence-electron chi connectivity index (χ4n) is 4.29. The summed E-state index contributed by atoms with van der Waals surface area (Å²) >= 11 is 0. The molecule has 1 aromatic carbocycles. The number of hydrogen-bond donors (Lipinski definition) is 7. The first kappa shape index (κ1) is 42.1. The summed E-state index contributed by atoms with van der Waals surface area (Å²) in [4.78, 5) is 75.4. The van der Waals surface area contributed by atoms with Crippen LogP contribution in [0.1, 0.15) is 10.4 Å². The number of carbonyl (C=O) groups excluding carboxylic acids is 5. The number of nitrogens with two attached hydrogens (primary N) is 1. The summed E-state index contributed by atoms with van der Waals surface area (Å²) in [5.41, 5.74) is -5.89. The molecule has 0 radical (unpaired) electrons. The maximum atomic E-state index is 13.3. The van der Waals surface area contributed by atoms with Gasteiger partial charge in [0.2, 0.25) is 22.8 Å². The Balaban J connectivity index is 0.00000178. The average molecular weight is 662 g/mol. The maximum Gasteiger partial charge on any atom is 0.335 e. The predicted molar refractivity (Wildman–Crippen MR) is 167 cm³/mol. The summed E-state index contributed by atoms with van der Waals surface area (Å²) in [6.45, 7) is 9.77. The number of aliphatic hydroxyl groups is 5. The van der Waals surface area contributed by atoms with Crippen LogP contribution in [0, 0.1) is 10.8 Å². The number of carbonyl (C=O) groups is 6. The van der Waals surface area contributed by atoms with E-state index in [1.807, 2.05) is 0 Å². The van der Waals surface area contributed by atoms with Crippen LogP contribution in [0.2, 0.25) is 0 Å².